The van der Waals surface area contributed by atoms with Crippen LogP contribution in [0.4, 0.5) is 4.79 Å². The molecular weight excluding hydrogens is 292 g/mol. The van der Waals surface area contributed by atoms with E-state index in [9.17, 15) is 19.5 Å². The van der Waals surface area contributed by atoms with Crippen molar-refractivity contribution in [2.45, 2.75) is 58.4 Å². The van der Waals surface area contributed by atoms with Crippen LogP contribution in [-0.2, 0) is 19.1 Å². The number of esters is 1. The van der Waals surface area contributed by atoms with Gasteiger partial charge in [-0.2, -0.15) is 0 Å². The number of aliphatic hydroxyl groups excluding tert-OH is 1. The second kappa shape index (κ2) is 7.98. The minimum atomic E-state index is -1.20. The van der Waals surface area contributed by atoms with Crippen molar-refractivity contribution in [3.8, 4) is 0 Å². The topological polar surface area (TPSA) is 105 Å². The second-order valence-corrected chi connectivity index (χ2v) is 6.02. The van der Waals surface area contributed by atoms with Crippen molar-refractivity contribution >= 4 is 18.0 Å². The van der Waals surface area contributed by atoms with E-state index < -0.39 is 41.8 Å². The summed E-state index contributed by atoms with van der Waals surface area (Å²) in [6.45, 7) is 7.97. The number of ether oxygens (including phenoxy) is 2. The van der Waals surface area contributed by atoms with Gasteiger partial charge < -0.3 is 19.9 Å². The minimum absolute atomic E-state index is 0.607. The molecule has 0 unspecified atom stereocenters. The molecule has 0 spiro atoms. The van der Waals surface area contributed by atoms with E-state index in [4.69, 9.17) is 4.74 Å². The highest BCUT2D eigenvalue weighted by Crippen LogP contribution is 2.11. The summed E-state index contributed by atoms with van der Waals surface area (Å²) in [5.41, 5.74) is -0.685. The van der Waals surface area contributed by atoms with Crippen molar-refractivity contribution in [2.75, 3.05) is 14.2 Å². The number of hydrogen-bond acceptors (Lipinski definition) is 6. The van der Waals surface area contributed by atoms with Gasteiger partial charge in [-0.05, 0) is 34.6 Å². The summed E-state index contributed by atoms with van der Waals surface area (Å²) in [7, 11) is 2.56. The Balaban J connectivity index is 4.83. The maximum absolute atomic E-state index is 12.1. The Morgan fingerprint density at radius 1 is 1.18 bits per heavy atom. The Kier molecular flexibility index (Phi) is 7.31. The van der Waals surface area contributed by atoms with Crippen LogP contribution < -0.4 is 5.32 Å². The monoisotopic (exact) mass is 318 g/mol. The van der Waals surface area contributed by atoms with Gasteiger partial charge in [0.1, 0.15) is 11.6 Å². The molecule has 0 rings (SSSR count). The number of carbonyl (C=O) groups is 3. The fraction of sp³-hybridized carbons (Fsp3) is 0.786. The average Bonchev–Trinajstić information content (AvgIpc) is 2.39. The van der Waals surface area contributed by atoms with Gasteiger partial charge in [0.2, 0.25) is 5.91 Å². The molecule has 8 heteroatoms. The molecule has 0 aromatic carbocycles. The fourth-order valence-electron chi connectivity index (χ4n) is 1.45. The minimum Gasteiger partial charge on any atom is -0.467 e. The van der Waals surface area contributed by atoms with Gasteiger partial charge in [-0.1, -0.05) is 0 Å². The zero-order valence-electron chi connectivity index (χ0n) is 14.2. The molecule has 3 atom stereocenters. The van der Waals surface area contributed by atoms with Crippen LogP contribution in [0.5, 0.6) is 0 Å². The third-order valence-corrected chi connectivity index (χ3v) is 2.88. The van der Waals surface area contributed by atoms with E-state index >= 15 is 0 Å². The standard InChI is InChI=1S/C14H26N2O6/c1-8(16(6)13(20)22-14(3,4)5)11(18)15-10(9(2)17)12(19)21-7/h8-10,17H,1-7H3,(H,15,18)/t8-,9+,10-/m1/s1. The summed E-state index contributed by atoms with van der Waals surface area (Å²) in [4.78, 5) is 36.6. The van der Waals surface area contributed by atoms with Gasteiger partial charge in [0.15, 0.2) is 6.04 Å². The van der Waals surface area contributed by atoms with E-state index in [0.29, 0.717) is 0 Å². The van der Waals surface area contributed by atoms with Crippen LogP contribution in [0.25, 0.3) is 0 Å². The Bertz CT molecular complexity index is 416. The lowest BCUT2D eigenvalue weighted by Gasteiger charge is -2.29. The van der Waals surface area contributed by atoms with E-state index in [1.54, 1.807) is 20.8 Å². The van der Waals surface area contributed by atoms with Gasteiger partial charge in [0.05, 0.1) is 13.2 Å². The highest BCUT2D eigenvalue weighted by molar-refractivity contribution is 5.89. The molecule has 2 amide bonds. The van der Waals surface area contributed by atoms with Crippen molar-refractivity contribution in [1.82, 2.24) is 10.2 Å². The van der Waals surface area contributed by atoms with Crippen LogP contribution in [0.15, 0.2) is 0 Å². The molecule has 0 aliphatic carbocycles. The van der Waals surface area contributed by atoms with Crippen molar-refractivity contribution < 1.29 is 29.0 Å². The summed E-state index contributed by atoms with van der Waals surface area (Å²) in [5.74, 6) is -1.37. The normalized spacial score (nSPS) is 15.3. The Labute approximate surface area is 130 Å². The average molecular weight is 318 g/mol. The molecule has 2 N–H and O–H groups in total. The quantitative estimate of drug-likeness (QED) is 0.706. The van der Waals surface area contributed by atoms with E-state index in [2.05, 4.69) is 10.1 Å². The van der Waals surface area contributed by atoms with Crippen molar-refractivity contribution in [1.29, 1.82) is 0 Å². The third-order valence-electron chi connectivity index (χ3n) is 2.88. The molecule has 0 saturated carbocycles. The van der Waals surface area contributed by atoms with Gasteiger partial charge in [0.25, 0.3) is 0 Å². The first-order valence-corrected chi connectivity index (χ1v) is 6.92. The number of hydrogen-bond donors (Lipinski definition) is 2. The summed E-state index contributed by atoms with van der Waals surface area (Å²) in [6.07, 6.45) is -1.79. The molecule has 8 nitrogen and oxygen atoms in total. The SMILES string of the molecule is COC(=O)[C@H](NC(=O)[C@@H](C)N(C)C(=O)OC(C)(C)C)[C@H](C)O. The predicted molar refractivity (Wildman–Crippen MR) is 79.1 cm³/mol. The number of nitrogens with one attached hydrogen (secondary N) is 1. The molecule has 128 valence electrons. The fourth-order valence-corrected chi connectivity index (χ4v) is 1.45. The van der Waals surface area contributed by atoms with Crippen LogP contribution in [0, 0.1) is 0 Å². The van der Waals surface area contributed by atoms with Crippen LogP contribution in [0.3, 0.4) is 0 Å². The van der Waals surface area contributed by atoms with Crippen LogP contribution in [0.1, 0.15) is 34.6 Å². The van der Waals surface area contributed by atoms with Crippen molar-refractivity contribution in [2.24, 2.45) is 0 Å². The molecule has 0 radical (unpaired) electrons. The lowest BCUT2D eigenvalue weighted by Crippen LogP contribution is -2.54. The molecule has 0 bridgehead atoms. The van der Waals surface area contributed by atoms with Crippen LogP contribution in [0.2, 0.25) is 0 Å². The zero-order valence-corrected chi connectivity index (χ0v) is 14.2. The summed E-state index contributed by atoms with van der Waals surface area (Å²) >= 11 is 0. The molecular formula is C14H26N2O6. The number of methoxy groups -OCH3 is 1. The number of rotatable bonds is 5. The zero-order chi connectivity index (χ0) is 17.7. The highest BCUT2D eigenvalue weighted by Gasteiger charge is 2.32. The second-order valence-electron chi connectivity index (χ2n) is 6.02. The van der Waals surface area contributed by atoms with E-state index in [1.807, 2.05) is 0 Å². The molecule has 0 aromatic heterocycles. The molecule has 0 aromatic rings. The molecule has 0 aliphatic rings. The largest absolute Gasteiger partial charge is 0.467 e. The summed E-state index contributed by atoms with van der Waals surface area (Å²) in [6, 6.07) is -2.09. The molecule has 0 saturated heterocycles. The predicted octanol–water partition coefficient (Wildman–Crippen LogP) is 0.280. The Hall–Kier alpha value is -1.83. The van der Waals surface area contributed by atoms with Crippen LogP contribution >= 0.6 is 0 Å². The number of aliphatic hydroxyl groups is 1. The van der Waals surface area contributed by atoms with Gasteiger partial charge in [-0.15, -0.1) is 0 Å². The van der Waals surface area contributed by atoms with Gasteiger partial charge in [0, 0.05) is 7.05 Å². The third kappa shape index (κ3) is 6.30. The molecule has 0 heterocycles. The summed E-state index contributed by atoms with van der Waals surface area (Å²) in [5, 5.41) is 11.9. The maximum Gasteiger partial charge on any atom is 0.410 e. The van der Waals surface area contributed by atoms with Gasteiger partial charge in [-0.25, -0.2) is 9.59 Å². The number of likely N-dealkylation sites (N-methyl/N-ethyl adjacent to an activating group) is 1. The first kappa shape index (κ1) is 20.2. The van der Waals surface area contributed by atoms with Gasteiger partial charge in [-0.3, -0.25) is 9.69 Å². The molecule has 0 fully saturated rings. The van der Waals surface area contributed by atoms with Crippen LogP contribution in [-0.4, -0.2) is 65.9 Å². The van der Waals surface area contributed by atoms with Crippen molar-refractivity contribution in [3.05, 3.63) is 0 Å². The molecule has 22 heavy (non-hydrogen) atoms. The Morgan fingerprint density at radius 2 is 1.68 bits per heavy atom. The number of nitrogens with zero attached hydrogens (tertiary/aromatic N) is 1. The first-order chi connectivity index (χ1) is 9.90. The van der Waals surface area contributed by atoms with E-state index in [0.717, 1.165) is 12.0 Å². The number of amides is 2. The smallest absolute Gasteiger partial charge is 0.410 e. The lowest BCUT2D eigenvalue weighted by atomic mass is 10.1. The van der Waals surface area contributed by atoms with E-state index in [-0.39, 0.29) is 0 Å². The van der Waals surface area contributed by atoms with E-state index in [1.165, 1.54) is 20.9 Å². The van der Waals surface area contributed by atoms with Gasteiger partial charge >= 0.3 is 12.1 Å². The first-order valence-electron chi connectivity index (χ1n) is 6.92. The molecule has 0 aliphatic heterocycles. The van der Waals surface area contributed by atoms with Crippen molar-refractivity contribution in [3.63, 3.8) is 0 Å². The summed E-state index contributed by atoms with van der Waals surface area (Å²) < 4.78 is 9.67. The highest BCUT2D eigenvalue weighted by atomic mass is 16.6. The maximum atomic E-state index is 12.1. The lowest BCUT2D eigenvalue weighted by molar-refractivity contribution is -0.148. The number of carbonyl (C=O) groups excluding carboxylic acids is 3. The Morgan fingerprint density at radius 3 is 2.05 bits per heavy atom.